The van der Waals surface area contributed by atoms with Gasteiger partial charge in [-0.2, -0.15) is 13.2 Å². The summed E-state index contributed by atoms with van der Waals surface area (Å²) in [7, 11) is 0. The molecule has 0 bridgehead atoms. The fourth-order valence-electron chi connectivity index (χ4n) is 5.05. The summed E-state index contributed by atoms with van der Waals surface area (Å²) in [4.78, 5) is 0. The fraction of sp³-hybridized carbons (Fsp3) is 0.143. The molecule has 1 atom stereocenters. The Kier molecular flexibility index (Phi) is 4.78. The van der Waals surface area contributed by atoms with Crippen molar-refractivity contribution >= 4 is 0 Å². The van der Waals surface area contributed by atoms with E-state index in [0.717, 1.165) is 27.8 Å². The molecule has 1 unspecified atom stereocenters. The molecule has 4 aromatic carbocycles. The summed E-state index contributed by atoms with van der Waals surface area (Å²) in [6.07, 6.45) is -5.00. The molecule has 0 saturated carbocycles. The van der Waals surface area contributed by atoms with Gasteiger partial charge < -0.3 is 15.3 Å². The summed E-state index contributed by atoms with van der Waals surface area (Å²) < 4.78 is 41.3. The molecule has 1 aliphatic rings. The molecule has 172 valence electrons. The van der Waals surface area contributed by atoms with Crippen molar-refractivity contribution in [1.82, 2.24) is 0 Å². The highest BCUT2D eigenvalue weighted by molar-refractivity contribution is 5.86. The Morgan fingerprint density at radius 2 is 1.18 bits per heavy atom. The molecule has 0 saturated heterocycles. The minimum atomic E-state index is -5.00. The maximum Gasteiger partial charge on any atom is 0.421 e. The molecule has 5 rings (SSSR count). The number of benzene rings is 4. The van der Waals surface area contributed by atoms with E-state index in [-0.39, 0.29) is 5.75 Å². The standard InChI is InChI=1S/C28H21F3O3/c1-26(34,28(29,30)31)24-16-18(12-15-25(24)33)27(17-10-13-19(32)14-11-17)22-8-4-2-6-20(22)21-7-3-5-9-23(21)27/h2-16,32-34H,1H3. The summed E-state index contributed by atoms with van der Waals surface area (Å²) in [6.45, 7) is 0.635. The third-order valence-corrected chi connectivity index (χ3v) is 6.76. The fourth-order valence-corrected chi connectivity index (χ4v) is 5.05. The van der Waals surface area contributed by atoms with Crippen LogP contribution in [0.1, 0.15) is 34.7 Å². The summed E-state index contributed by atoms with van der Waals surface area (Å²) in [5.74, 6) is -0.587. The minimum Gasteiger partial charge on any atom is -0.508 e. The number of aliphatic hydroxyl groups is 1. The van der Waals surface area contributed by atoms with Crippen molar-refractivity contribution in [2.75, 3.05) is 0 Å². The summed E-state index contributed by atoms with van der Waals surface area (Å²) in [5.41, 5.74) is -0.176. The molecule has 6 heteroatoms. The molecule has 3 N–H and O–H groups in total. The predicted molar refractivity (Wildman–Crippen MR) is 123 cm³/mol. The molecule has 0 aliphatic heterocycles. The number of hydrogen-bond acceptors (Lipinski definition) is 3. The highest BCUT2D eigenvalue weighted by atomic mass is 19.4. The zero-order valence-electron chi connectivity index (χ0n) is 18.1. The van der Waals surface area contributed by atoms with E-state index in [2.05, 4.69) is 0 Å². The molecule has 1 aliphatic carbocycles. The Labute approximate surface area is 194 Å². The predicted octanol–water partition coefficient (Wildman–Crippen LogP) is 6.23. The Morgan fingerprint density at radius 3 is 1.71 bits per heavy atom. The molecule has 0 spiro atoms. The number of rotatable bonds is 3. The van der Waals surface area contributed by atoms with Gasteiger partial charge in [0.05, 0.1) is 5.41 Å². The molecule has 0 radical (unpaired) electrons. The lowest BCUT2D eigenvalue weighted by Crippen LogP contribution is -2.39. The Morgan fingerprint density at radius 1 is 0.676 bits per heavy atom. The van der Waals surface area contributed by atoms with Crippen molar-refractivity contribution in [3.63, 3.8) is 0 Å². The highest BCUT2D eigenvalue weighted by Crippen LogP contribution is 2.57. The first-order valence-corrected chi connectivity index (χ1v) is 10.7. The van der Waals surface area contributed by atoms with E-state index in [1.807, 2.05) is 48.5 Å². The number of alkyl halides is 3. The van der Waals surface area contributed by atoms with Crippen LogP contribution in [0.3, 0.4) is 0 Å². The normalized spacial score (nSPS) is 15.9. The van der Waals surface area contributed by atoms with Crippen LogP contribution in [-0.4, -0.2) is 21.5 Å². The van der Waals surface area contributed by atoms with Crippen LogP contribution in [0.5, 0.6) is 11.5 Å². The third kappa shape index (κ3) is 2.95. The van der Waals surface area contributed by atoms with Crippen molar-refractivity contribution in [1.29, 1.82) is 0 Å². The van der Waals surface area contributed by atoms with Gasteiger partial charge >= 0.3 is 6.18 Å². The van der Waals surface area contributed by atoms with E-state index in [1.54, 1.807) is 18.2 Å². The van der Waals surface area contributed by atoms with Crippen molar-refractivity contribution in [3.05, 3.63) is 119 Å². The monoisotopic (exact) mass is 462 g/mol. The van der Waals surface area contributed by atoms with Gasteiger partial charge in [0.1, 0.15) is 11.5 Å². The zero-order valence-corrected chi connectivity index (χ0v) is 18.1. The number of fused-ring (bicyclic) bond motifs is 3. The van der Waals surface area contributed by atoms with Crippen LogP contribution in [0.4, 0.5) is 13.2 Å². The third-order valence-electron chi connectivity index (χ3n) is 6.76. The second kappa shape index (κ2) is 7.37. The number of halogens is 3. The first kappa shape index (κ1) is 22.0. The lowest BCUT2D eigenvalue weighted by atomic mass is 9.67. The van der Waals surface area contributed by atoms with Crippen LogP contribution in [0, 0.1) is 0 Å². The number of phenolic OH excluding ortho intramolecular Hbond substituents is 2. The molecule has 0 amide bonds. The molecule has 0 heterocycles. The van der Waals surface area contributed by atoms with Gasteiger partial charge in [0, 0.05) is 5.56 Å². The Bertz CT molecular complexity index is 1340. The summed E-state index contributed by atoms with van der Waals surface area (Å²) >= 11 is 0. The number of aromatic hydroxyl groups is 2. The largest absolute Gasteiger partial charge is 0.508 e. The molecular weight excluding hydrogens is 441 g/mol. The van der Waals surface area contributed by atoms with E-state index >= 15 is 0 Å². The molecular formula is C28H21F3O3. The minimum absolute atomic E-state index is 0.0601. The smallest absolute Gasteiger partial charge is 0.421 e. The second-order valence-corrected chi connectivity index (χ2v) is 8.69. The van der Waals surface area contributed by atoms with Crippen LogP contribution in [0.2, 0.25) is 0 Å². The average Bonchev–Trinajstić information content (AvgIpc) is 3.11. The lowest BCUT2D eigenvalue weighted by molar-refractivity contribution is -0.259. The van der Waals surface area contributed by atoms with Gasteiger partial charge in [0.15, 0.2) is 5.60 Å². The maximum atomic E-state index is 13.8. The van der Waals surface area contributed by atoms with Crippen molar-refractivity contribution in [2.45, 2.75) is 24.1 Å². The lowest BCUT2D eigenvalue weighted by Gasteiger charge is -2.35. The van der Waals surface area contributed by atoms with Gasteiger partial charge in [0.2, 0.25) is 0 Å². The summed E-state index contributed by atoms with van der Waals surface area (Å²) in [6, 6.07) is 25.9. The first-order chi connectivity index (χ1) is 16.1. The van der Waals surface area contributed by atoms with Crippen LogP contribution in [0.15, 0.2) is 91.0 Å². The van der Waals surface area contributed by atoms with Gasteiger partial charge in [-0.25, -0.2) is 0 Å². The van der Waals surface area contributed by atoms with E-state index < -0.39 is 28.5 Å². The van der Waals surface area contributed by atoms with Gasteiger partial charge in [-0.15, -0.1) is 0 Å². The van der Waals surface area contributed by atoms with Gasteiger partial charge in [-0.1, -0.05) is 66.7 Å². The van der Waals surface area contributed by atoms with Gasteiger partial charge in [-0.05, 0) is 64.6 Å². The van der Waals surface area contributed by atoms with E-state index in [9.17, 15) is 28.5 Å². The van der Waals surface area contributed by atoms with Gasteiger partial charge in [-0.3, -0.25) is 0 Å². The molecule has 0 fully saturated rings. The topological polar surface area (TPSA) is 60.7 Å². The molecule has 0 aromatic heterocycles. The van der Waals surface area contributed by atoms with Crippen molar-refractivity contribution < 1.29 is 28.5 Å². The Balaban J connectivity index is 1.91. The van der Waals surface area contributed by atoms with Crippen molar-refractivity contribution in [2.24, 2.45) is 0 Å². The Hall–Kier alpha value is -3.77. The summed E-state index contributed by atoms with van der Waals surface area (Å²) in [5, 5.41) is 30.7. The quantitative estimate of drug-likeness (QED) is 0.298. The average molecular weight is 462 g/mol. The van der Waals surface area contributed by atoms with Crippen LogP contribution in [-0.2, 0) is 11.0 Å². The highest BCUT2D eigenvalue weighted by Gasteiger charge is 2.53. The van der Waals surface area contributed by atoms with Crippen molar-refractivity contribution in [3.8, 4) is 22.6 Å². The SMILES string of the molecule is CC(O)(c1cc(C2(c3ccc(O)cc3)c3ccccc3-c3ccccc32)ccc1O)C(F)(F)F. The van der Waals surface area contributed by atoms with Gasteiger partial charge in [0.25, 0.3) is 0 Å². The molecule has 3 nitrogen and oxygen atoms in total. The molecule has 4 aromatic rings. The first-order valence-electron chi connectivity index (χ1n) is 10.7. The van der Waals surface area contributed by atoms with Crippen LogP contribution >= 0.6 is 0 Å². The molecule has 34 heavy (non-hydrogen) atoms. The van der Waals surface area contributed by atoms with E-state index in [1.165, 1.54) is 24.3 Å². The van der Waals surface area contributed by atoms with Crippen LogP contribution < -0.4 is 0 Å². The number of phenols is 2. The van der Waals surface area contributed by atoms with Crippen LogP contribution in [0.25, 0.3) is 11.1 Å². The maximum absolute atomic E-state index is 13.8. The second-order valence-electron chi connectivity index (χ2n) is 8.69. The van der Waals surface area contributed by atoms with E-state index in [4.69, 9.17) is 0 Å². The van der Waals surface area contributed by atoms with E-state index in [0.29, 0.717) is 12.5 Å². The zero-order chi connectivity index (χ0) is 24.3. The number of hydrogen-bond donors (Lipinski definition) is 3.